The molecule has 0 radical (unpaired) electrons. The summed E-state index contributed by atoms with van der Waals surface area (Å²) < 4.78 is 19.4. The van der Waals surface area contributed by atoms with Gasteiger partial charge in [0.2, 0.25) is 11.8 Å². The molecule has 2 unspecified atom stereocenters. The molecule has 0 aliphatic carbocycles. The molecular weight excluding hydrogens is 479 g/mol. The Morgan fingerprint density at radius 1 is 1.31 bits per heavy atom. The molecule has 0 saturated carbocycles. The average Bonchev–Trinajstić information content (AvgIpc) is 2.81. The van der Waals surface area contributed by atoms with Crippen LogP contribution in [-0.2, 0) is 20.4 Å². The van der Waals surface area contributed by atoms with E-state index in [1.807, 2.05) is 0 Å². The van der Waals surface area contributed by atoms with Gasteiger partial charge in [0, 0.05) is 37.8 Å². The van der Waals surface area contributed by atoms with Crippen molar-refractivity contribution in [1.82, 2.24) is 10.3 Å². The number of nitrogens with one attached hydrogen (secondary N) is 2. The van der Waals surface area contributed by atoms with E-state index in [4.69, 9.17) is 4.43 Å². The highest BCUT2D eigenvalue weighted by atomic mass is 28.4. The number of hydrogen-bond donors (Lipinski definition) is 3. The molecule has 2 atom stereocenters. The highest BCUT2D eigenvalue weighted by molar-refractivity contribution is 6.74. The first-order chi connectivity index (χ1) is 16.9. The summed E-state index contributed by atoms with van der Waals surface area (Å²) in [5.74, 6) is -2.56. The maximum Gasteiger partial charge on any atom is 0.242 e. The number of nitrogens with zero attached hydrogens (tertiary/aromatic N) is 2. The minimum atomic E-state index is -1.95. The Hall–Kier alpha value is -2.82. The lowest BCUT2D eigenvalue weighted by molar-refractivity contribution is -0.139. The molecule has 2 aromatic rings. The molecule has 3 heterocycles. The fourth-order valence-electron chi connectivity index (χ4n) is 4.34. The predicted molar refractivity (Wildman–Crippen MR) is 139 cm³/mol. The van der Waals surface area contributed by atoms with Gasteiger partial charge in [0.15, 0.2) is 8.32 Å². The first-order valence-corrected chi connectivity index (χ1v) is 15.2. The molecule has 0 spiro atoms. The van der Waals surface area contributed by atoms with Crippen molar-refractivity contribution in [3.05, 3.63) is 53.1 Å². The number of benzene rings is 1. The van der Waals surface area contributed by atoms with E-state index < -0.39 is 32.2 Å². The highest BCUT2D eigenvalue weighted by Gasteiger charge is 2.47. The minimum absolute atomic E-state index is 0.0531. The zero-order valence-electron chi connectivity index (χ0n) is 21.5. The second-order valence-electron chi connectivity index (χ2n) is 10.9. The average molecular weight is 515 g/mol. The summed E-state index contributed by atoms with van der Waals surface area (Å²) in [5.41, 5.74) is 3.26. The van der Waals surface area contributed by atoms with Crippen molar-refractivity contribution in [2.75, 3.05) is 36.5 Å². The summed E-state index contributed by atoms with van der Waals surface area (Å²) in [5, 5.41) is 17.2. The van der Waals surface area contributed by atoms with Crippen LogP contribution in [0, 0.1) is 11.7 Å². The molecule has 10 heteroatoms. The number of pyridine rings is 1. The van der Waals surface area contributed by atoms with Gasteiger partial charge in [-0.2, -0.15) is 0 Å². The van der Waals surface area contributed by atoms with Gasteiger partial charge in [-0.25, -0.2) is 4.39 Å². The van der Waals surface area contributed by atoms with Crippen molar-refractivity contribution in [3.63, 3.8) is 0 Å². The monoisotopic (exact) mass is 514 g/mol. The Morgan fingerprint density at radius 2 is 2.00 bits per heavy atom. The first kappa shape index (κ1) is 26.2. The number of halogens is 1. The second kappa shape index (κ2) is 9.91. The van der Waals surface area contributed by atoms with Crippen molar-refractivity contribution in [2.45, 2.75) is 51.4 Å². The molecular formula is C26H35FN4O4Si. The summed E-state index contributed by atoms with van der Waals surface area (Å²) in [6.07, 6.45) is 0.775. The van der Waals surface area contributed by atoms with E-state index in [9.17, 15) is 19.1 Å². The molecule has 4 rings (SSSR count). The molecule has 3 N–H and O–H groups in total. The quantitative estimate of drug-likeness (QED) is 0.297. The Kier molecular flexibility index (Phi) is 7.23. The van der Waals surface area contributed by atoms with Crippen LogP contribution in [0.1, 0.15) is 43.7 Å². The van der Waals surface area contributed by atoms with E-state index in [0.717, 1.165) is 11.1 Å². The molecule has 0 saturated heterocycles. The third kappa shape index (κ3) is 5.02. The third-order valence-electron chi connectivity index (χ3n) is 7.46. The lowest BCUT2D eigenvalue weighted by atomic mass is 9.88. The van der Waals surface area contributed by atoms with Gasteiger partial charge in [0.1, 0.15) is 17.8 Å². The topological polar surface area (TPSA) is 104 Å². The zero-order chi connectivity index (χ0) is 26.3. The second-order valence-corrected chi connectivity index (χ2v) is 15.7. The lowest BCUT2D eigenvalue weighted by Gasteiger charge is -2.40. The normalized spacial score (nSPS) is 19.5. The van der Waals surface area contributed by atoms with Crippen LogP contribution in [0.15, 0.2) is 30.5 Å². The zero-order valence-corrected chi connectivity index (χ0v) is 22.5. The Labute approximate surface area is 212 Å². The summed E-state index contributed by atoms with van der Waals surface area (Å²) in [7, 11) is -1.95. The van der Waals surface area contributed by atoms with Crippen LogP contribution in [0.5, 0.6) is 0 Å². The van der Waals surface area contributed by atoms with Crippen LogP contribution in [0.4, 0.5) is 15.8 Å². The molecule has 2 aliphatic heterocycles. The maximum absolute atomic E-state index is 13.4. The summed E-state index contributed by atoms with van der Waals surface area (Å²) >= 11 is 0. The summed E-state index contributed by atoms with van der Waals surface area (Å²) in [6.45, 7) is 12.2. The molecule has 8 nitrogen and oxygen atoms in total. The van der Waals surface area contributed by atoms with Gasteiger partial charge in [-0.1, -0.05) is 32.9 Å². The van der Waals surface area contributed by atoms with Crippen LogP contribution >= 0.6 is 0 Å². The molecule has 1 aromatic carbocycles. The molecule has 0 bridgehead atoms. The minimum Gasteiger partial charge on any atom is -0.415 e. The standard InChI is InChI=1S/C26H35FN4O4Si/c1-26(2,3)36(4,5)35-13-11-29-24(33)19-23(32)21-22-20(28-10-12-31(22)25(19)34)17(15-30-21)14-16-6-8-18(27)9-7-16/h6-9,15,19,23,28,32H,10-14H2,1-5H3,(H,29,33). The number of amides is 2. The van der Waals surface area contributed by atoms with Gasteiger partial charge >= 0.3 is 0 Å². The van der Waals surface area contributed by atoms with Crippen LogP contribution in [0.25, 0.3) is 0 Å². The molecule has 2 amide bonds. The molecule has 36 heavy (non-hydrogen) atoms. The molecule has 1 aromatic heterocycles. The maximum atomic E-state index is 13.4. The number of rotatable bonds is 7. The number of aromatic nitrogens is 1. The summed E-state index contributed by atoms with van der Waals surface area (Å²) in [6, 6.07) is 6.22. The van der Waals surface area contributed by atoms with Gasteiger partial charge in [-0.3, -0.25) is 14.6 Å². The van der Waals surface area contributed by atoms with E-state index in [1.54, 1.807) is 23.2 Å². The fraction of sp³-hybridized carbons (Fsp3) is 0.500. The number of carbonyl (C=O) groups excluding carboxylic acids is 2. The van der Waals surface area contributed by atoms with Gasteiger partial charge in [0.25, 0.3) is 0 Å². The fourth-order valence-corrected chi connectivity index (χ4v) is 5.39. The van der Waals surface area contributed by atoms with E-state index in [1.165, 1.54) is 12.1 Å². The lowest BCUT2D eigenvalue weighted by Crippen LogP contribution is -2.53. The number of aliphatic hydroxyl groups is 1. The van der Waals surface area contributed by atoms with Crippen molar-refractivity contribution in [2.24, 2.45) is 5.92 Å². The van der Waals surface area contributed by atoms with Crippen LogP contribution in [0.3, 0.4) is 0 Å². The largest absolute Gasteiger partial charge is 0.415 e. The van der Waals surface area contributed by atoms with Gasteiger partial charge in [-0.15, -0.1) is 0 Å². The van der Waals surface area contributed by atoms with Crippen molar-refractivity contribution in [3.8, 4) is 0 Å². The number of carbonyl (C=O) groups is 2. The van der Waals surface area contributed by atoms with Crippen LogP contribution < -0.4 is 15.5 Å². The van der Waals surface area contributed by atoms with Crippen molar-refractivity contribution >= 4 is 31.5 Å². The van der Waals surface area contributed by atoms with Gasteiger partial charge in [-0.05, 0) is 35.8 Å². The Morgan fingerprint density at radius 3 is 2.67 bits per heavy atom. The summed E-state index contributed by atoms with van der Waals surface area (Å²) in [4.78, 5) is 32.4. The Bertz CT molecular complexity index is 1150. The van der Waals surface area contributed by atoms with Crippen LogP contribution in [0.2, 0.25) is 18.1 Å². The van der Waals surface area contributed by atoms with E-state index >= 15 is 0 Å². The number of aliphatic hydroxyl groups excluding tert-OH is 1. The molecule has 0 fully saturated rings. The smallest absolute Gasteiger partial charge is 0.242 e. The van der Waals surface area contributed by atoms with E-state index in [-0.39, 0.29) is 17.4 Å². The number of anilines is 2. The van der Waals surface area contributed by atoms with Gasteiger partial charge in [0.05, 0.1) is 23.7 Å². The van der Waals surface area contributed by atoms with Gasteiger partial charge < -0.3 is 25.1 Å². The number of hydrogen-bond acceptors (Lipinski definition) is 6. The first-order valence-electron chi connectivity index (χ1n) is 12.3. The molecule has 194 valence electrons. The van der Waals surface area contributed by atoms with Crippen molar-refractivity contribution < 1.29 is 23.5 Å². The van der Waals surface area contributed by atoms with E-state index in [2.05, 4.69) is 49.5 Å². The van der Waals surface area contributed by atoms with Crippen LogP contribution in [-0.4, -0.2) is 56.5 Å². The third-order valence-corrected chi connectivity index (χ3v) is 12.0. The highest BCUT2D eigenvalue weighted by Crippen LogP contribution is 2.44. The predicted octanol–water partition coefficient (Wildman–Crippen LogP) is 3.37. The Balaban J connectivity index is 1.51. The van der Waals surface area contributed by atoms with Crippen molar-refractivity contribution in [1.29, 1.82) is 0 Å². The molecule has 2 aliphatic rings. The SMILES string of the molecule is CC(C)(C)[Si](C)(C)OCCNC(=O)C1C(=O)N2CCNc3c(Cc4ccc(F)cc4)cnc(c32)C1O. The van der Waals surface area contributed by atoms with E-state index in [0.29, 0.717) is 43.2 Å².